The normalized spacial score (nSPS) is 14.4. The van der Waals surface area contributed by atoms with Crippen molar-refractivity contribution in [2.75, 3.05) is 30.9 Å². The summed E-state index contributed by atoms with van der Waals surface area (Å²) in [4.78, 5) is 62.8. The highest BCUT2D eigenvalue weighted by atomic mass is 32.2. The van der Waals surface area contributed by atoms with Crippen LogP contribution in [0.3, 0.4) is 0 Å². The molecule has 3 rings (SSSR count). The molecule has 0 fully saturated rings. The molecular weight excluding hydrogens is 681 g/mol. The fourth-order valence-corrected chi connectivity index (χ4v) is 6.77. The van der Waals surface area contributed by atoms with Crippen molar-refractivity contribution in [3.8, 4) is 5.75 Å². The summed E-state index contributed by atoms with van der Waals surface area (Å²) in [5.74, 6) is -1.04. The molecule has 0 spiro atoms. The molecule has 2 aromatic rings. The number of amides is 5. The summed E-state index contributed by atoms with van der Waals surface area (Å²) in [7, 11) is 0. The molecular formula is C35H50N6O7S2. The van der Waals surface area contributed by atoms with Gasteiger partial charge in [-0.2, -0.15) is 23.5 Å². The molecule has 5 amide bonds. The molecule has 50 heavy (non-hydrogen) atoms. The van der Waals surface area contributed by atoms with E-state index in [-0.39, 0.29) is 24.3 Å². The Hall–Kier alpha value is -4.21. The van der Waals surface area contributed by atoms with E-state index in [0.29, 0.717) is 16.7 Å². The second-order valence-corrected chi connectivity index (χ2v) is 15.0. The number of phenols is 1. The van der Waals surface area contributed by atoms with Crippen LogP contribution in [0.4, 0.5) is 0 Å². The zero-order chi connectivity index (χ0) is 37.6. The lowest BCUT2D eigenvalue weighted by Gasteiger charge is -2.29. The molecule has 0 saturated heterocycles. The lowest BCUT2D eigenvalue weighted by Crippen LogP contribution is -2.62. The second-order valence-electron chi connectivity index (χ2n) is 12.3. The minimum absolute atomic E-state index is 0.0871. The summed E-state index contributed by atoms with van der Waals surface area (Å²) < 4.78 is 0. The van der Waals surface area contributed by atoms with Crippen LogP contribution < -0.4 is 32.7 Å². The molecule has 13 nitrogen and oxygen atoms in total. The van der Waals surface area contributed by atoms with Gasteiger partial charge in [0.15, 0.2) is 0 Å². The number of primary amides is 1. The number of aliphatic hydroxyl groups is 1. The first-order valence-electron chi connectivity index (χ1n) is 16.1. The van der Waals surface area contributed by atoms with E-state index in [4.69, 9.17) is 11.5 Å². The van der Waals surface area contributed by atoms with E-state index in [9.17, 15) is 34.2 Å². The molecule has 0 heterocycles. The molecule has 15 heteroatoms. The van der Waals surface area contributed by atoms with Gasteiger partial charge in [-0.1, -0.05) is 38.1 Å². The van der Waals surface area contributed by atoms with Crippen LogP contribution in [0.25, 0.3) is 6.08 Å². The zero-order valence-corrected chi connectivity index (χ0v) is 31.1. The lowest BCUT2D eigenvalue weighted by molar-refractivity contribution is -0.135. The van der Waals surface area contributed by atoms with Crippen molar-refractivity contribution < 1.29 is 34.2 Å². The first-order valence-corrected chi connectivity index (χ1v) is 18.5. The lowest BCUT2D eigenvalue weighted by atomic mass is 9.94. The smallest absolute Gasteiger partial charge is 0.267 e. The molecule has 1 aliphatic rings. The number of carbonyl (C=O) groups excluding carboxylic acids is 5. The van der Waals surface area contributed by atoms with E-state index in [1.54, 1.807) is 26.0 Å². The van der Waals surface area contributed by atoms with E-state index in [1.165, 1.54) is 36.6 Å². The number of benzene rings is 2. The van der Waals surface area contributed by atoms with Crippen molar-refractivity contribution in [3.63, 3.8) is 0 Å². The van der Waals surface area contributed by atoms with Gasteiger partial charge < -0.3 is 42.9 Å². The van der Waals surface area contributed by atoms with Gasteiger partial charge in [-0.25, -0.2) is 0 Å². The van der Waals surface area contributed by atoms with Crippen LogP contribution in [0.1, 0.15) is 48.6 Å². The number of phenolic OH excluding ortho intramolecular Hbond substituents is 1. The predicted octanol–water partition coefficient (Wildman–Crippen LogP) is 1.04. The molecule has 0 aliphatic heterocycles. The molecule has 1 aliphatic carbocycles. The first-order chi connectivity index (χ1) is 23.5. The highest BCUT2D eigenvalue weighted by molar-refractivity contribution is 8.02. The predicted molar refractivity (Wildman–Crippen MR) is 199 cm³/mol. The van der Waals surface area contributed by atoms with Crippen LogP contribution in [0.15, 0.2) is 42.1 Å². The number of thioether (sulfide) groups is 2. The van der Waals surface area contributed by atoms with Gasteiger partial charge in [-0.05, 0) is 78.3 Å². The molecule has 2 unspecified atom stereocenters. The minimum Gasteiger partial charge on any atom is -0.508 e. The Morgan fingerprint density at radius 1 is 0.920 bits per heavy atom. The molecule has 274 valence electrons. The highest BCUT2D eigenvalue weighted by Gasteiger charge is 2.45. The number of aryl methyl sites for hydroxylation is 2. The van der Waals surface area contributed by atoms with Crippen LogP contribution in [0.5, 0.6) is 5.75 Å². The number of nitrogens with one attached hydrogen (secondary N) is 4. The van der Waals surface area contributed by atoms with Crippen molar-refractivity contribution in [2.24, 2.45) is 11.5 Å². The van der Waals surface area contributed by atoms with Crippen LogP contribution in [0, 0.1) is 13.8 Å². The molecule has 0 radical (unpaired) electrons. The minimum atomic E-state index is -1.46. The quantitative estimate of drug-likeness (QED) is 0.0960. The third-order valence-electron chi connectivity index (χ3n) is 7.72. The number of nitrogens with two attached hydrogens (primary N) is 2. The van der Waals surface area contributed by atoms with Crippen molar-refractivity contribution in [3.05, 3.63) is 69.9 Å². The Labute approximate surface area is 302 Å². The van der Waals surface area contributed by atoms with Crippen molar-refractivity contribution in [1.29, 1.82) is 0 Å². The third-order valence-corrected chi connectivity index (χ3v) is 9.70. The number of fused-ring (bicyclic) bond motifs is 1. The summed E-state index contributed by atoms with van der Waals surface area (Å²) in [5, 5.41) is 30.1. The van der Waals surface area contributed by atoms with Crippen LogP contribution in [-0.2, 0) is 36.8 Å². The average molecular weight is 731 g/mol. The Kier molecular flexibility index (Phi) is 16.7. The second kappa shape index (κ2) is 19.8. The van der Waals surface area contributed by atoms with Gasteiger partial charge in [0.25, 0.3) is 5.91 Å². The van der Waals surface area contributed by atoms with Gasteiger partial charge in [-0.3, -0.25) is 24.0 Å². The number of hydrogen-bond acceptors (Lipinski definition) is 10. The zero-order valence-electron chi connectivity index (χ0n) is 29.4. The number of hydrogen-bond donors (Lipinski definition) is 8. The van der Waals surface area contributed by atoms with Gasteiger partial charge in [0.05, 0.1) is 24.9 Å². The maximum Gasteiger partial charge on any atom is 0.267 e. The fraction of sp³-hybridized carbons (Fsp3) is 0.457. The van der Waals surface area contributed by atoms with Crippen molar-refractivity contribution in [2.45, 2.75) is 70.4 Å². The molecule has 0 aromatic heterocycles. The summed E-state index contributed by atoms with van der Waals surface area (Å²) in [6.07, 6.45) is 2.63. The van der Waals surface area contributed by atoms with Crippen LogP contribution in [0.2, 0.25) is 0 Å². The molecule has 2 atom stereocenters. The largest absolute Gasteiger partial charge is 0.508 e. The number of aliphatic hydroxyl groups excluding tert-OH is 1. The van der Waals surface area contributed by atoms with E-state index < -0.39 is 60.3 Å². The standard InChI is InChI=1S/C29H36N6O7.C6H14S2/c1-15-8-20(37)9-16(2)21(15)10-22(30)27(41)32-14-24(39)35-29(11-18-6-4-5-7-19(18)12-29)28(42)33-13-23(38)34-25(17(3)36)26(31)40;1-6(2)8-5-4-7-3/h4-10,17,25,36-37H,11-14,30H2,1-3H3,(H2,31,40)(H,32,41)(H,33,42)(H,34,38)(H,35,39);6H,4-5H2,1-3H3/b22-10-;. The number of aromatic hydroxyl groups is 1. The summed E-state index contributed by atoms with van der Waals surface area (Å²) >= 11 is 3.96. The fourth-order valence-electron chi connectivity index (χ4n) is 5.25. The van der Waals surface area contributed by atoms with Crippen LogP contribution >= 0.6 is 23.5 Å². The Bertz CT molecular complexity index is 1520. The molecule has 0 saturated carbocycles. The van der Waals surface area contributed by atoms with Gasteiger partial charge in [0.2, 0.25) is 23.6 Å². The van der Waals surface area contributed by atoms with Gasteiger partial charge in [0, 0.05) is 24.3 Å². The molecule has 0 bridgehead atoms. The highest BCUT2D eigenvalue weighted by Crippen LogP contribution is 2.30. The summed E-state index contributed by atoms with van der Waals surface area (Å²) in [6.45, 7) is 8.25. The Morgan fingerprint density at radius 2 is 1.48 bits per heavy atom. The van der Waals surface area contributed by atoms with E-state index in [0.717, 1.165) is 16.4 Å². The van der Waals surface area contributed by atoms with E-state index in [1.807, 2.05) is 35.7 Å². The number of carbonyl (C=O) groups is 5. The first kappa shape index (κ1) is 42.0. The summed E-state index contributed by atoms with van der Waals surface area (Å²) in [5.41, 5.74) is 13.3. The maximum absolute atomic E-state index is 13.4. The van der Waals surface area contributed by atoms with Gasteiger partial charge in [0.1, 0.15) is 17.3 Å². The SMILES string of the molecule is CSCCSC(C)C.Cc1cc(O)cc(C)c1/C=C(\N)C(=O)NCC(=O)NC1(C(=O)NCC(=O)NC(C(N)=O)C(C)O)Cc2ccccc2C1. The van der Waals surface area contributed by atoms with E-state index >= 15 is 0 Å². The average Bonchev–Trinajstić information content (AvgIpc) is 3.42. The topological polar surface area (TPSA) is 226 Å². The third kappa shape index (κ3) is 12.9. The van der Waals surface area contributed by atoms with E-state index in [2.05, 4.69) is 41.4 Å². The van der Waals surface area contributed by atoms with Crippen LogP contribution in [-0.4, -0.2) is 93.5 Å². The molecule has 2 aromatic carbocycles. The Morgan fingerprint density at radius 3 is 1.98 bits per heavy atom. The maximum atomic E-state index is 13.4. The van der Waals surface area contributed by atoms with Gasteiger partial charge >= 0.3 is 0 Å². The van der Waals surface area contributed by atoms with Gasteiger partial charge in [-0.15, -0.1) is 0 Å². The molecule has 10 N–H and O–H groups in total. The van der Waals surface area contributed by atoms with Crippen molar-refractivity contribution >= 4 is 59.1 Å². The summed E-state index contributed by atoms with van der Waals surface area (Å²) in [6, 6.07) is 8.98. The Balaban J connectivity index is 0.000000963. The van der Waals surface area contributed by atoms with Crippen molar-refractivity contribution in [1.82, 2.24) is 21.3 Å². The number of rotatable bonds is 15. The monoisotopic (exact) mass is 730 g/mol.